The highest BCUT2D eigenvalue weighted by Gasteiger charge is 2.17. The van der Waals surface area contributed by atoms with Crippen LogP contribution in [0.2, 0.25) is 0 Å². The third-order valence-electron chi connectivity index (χ3n) is 4.32. The van der Waals surface area contributed by atoms with Crippen molar-refractivity contribution in [3.8, 4) is 11.8 Å². The molecule has 0 saturated heterocycles. The van der Waals surface area contributed by atoms with Gasteiger partial charge in [0.25, 0.3) is 0 Å². The molecule has 1 heterocycles. The Hall–Kier alpha value is -3.66. The molecular weight excluding hydrogens is 347 g/mol. The molecule has 4 rings (SSSR count). The molecule has 0 saturated carbocycles. The van der Waals surface area contributed by atoms with Gasteiger partial charge in [-0.05, 0) is 54.7 Å². The van der Waals surface area contributed by atoms with Crippen molar-refractivity contribution in [2.24, 2.45) is 0 Å². The predicted molar refractivity (Wildman–Crippen MR) is 98.1 cm³/mol. The first-order valence-corrected chi connectivity index (χ1v) is 8.28. The monoisotopic (exact) mass is 364 g/mol. The number of nitrogens with zero attached hydrogens (tertiary/aromatic N) is 2. The maximum Gasteiger partial charge on any atom is 0.181 e. The summed E-state index contributed by atoms with van der Waals surface area (Å²) >= 11 is 0. The number of aromatic hydroxyl groups is 1. The molecule has 3 aromatic rings. The van der Waals surface area contributed by atoms with E-state index in [0.29, 0.717) is 17.0 Å². The number of rotatable bonds is 2. The number of oxazole rings is 1. The smallest absolute Gasteiger partial charge is 0.181 e. The standard InChI is InChI=1S/C10H8FN.C10H9N3O2/c11-10-8(6-12)5-4-7-2-1-3-9(7)10;11-8-2-1-6(14)3-7(8)10(12)9-4-13-5-15-9/h4-5H,1-3H2;1-5,12,14H,11H2. The van der Waals surface area contributed by atoms with E-state index in [9.17, 15) is 9.50 Å². The zero-order valence-corrected chi connectivity index (χ0v) is 14.4. The molecule has 0 amide bonds. The Morgan fingerprint density at radius 1 is 1.30 bits per heavy atom. The molecule has 0 atom stereocenters. The van der Waals surface area contributed by atoms with E-state index < -0.39 is 0 Å². The third-order valence-corrected chi connectivity index (χ3v) is 4.32. The van der Waals surface area contributed by atoms with Crippen molar-refractivity contribution in [3.05, 3.63) is 76.8 Å². The van der Waals surface area contributed by atoms with Crippen LogP contribution in [0.4, 0.5) is 10.1 Å². The molecule has 2 aromatic carbocycles. The number of aryl methyl sites for hydroxylation is 1. The predicted octanol–water partition coefficient (Wildman–Crippen LogP) is 3.56. The number of benzene rings is 2. The number of nitrogens with one attached hydrogen (secondary N) is 1. The fourth-order valence-corrected chi connectivity index (χ4v) is 2.94. The number of fused-ring (bicyclic) bond motifs is 1. The number of nitrogen functional groups attached to an aromatic ring is 1. The molecule has 0 aliphatic heterocycles. The normalized spacial score (nSPS) is 11.9. The fraction of sp³-hybridized carbons (Fsp3) is 0.150. The minimum absolute atomic E-state index is 0.0588. The summed E-state index contributed by atoms with van der Waals surface area (Å²) in [5, 5.41) is 25.6. The van der Waals surface area contributed by atoms with E-state index >= 15 is 0 Å². The largest absolute Gasteiger partial charge is 0.508 e. The van der Waals surface area contributed by atoms with Gasteiger partial charge < -0.3 is 15.3 Å². The highest BCUT2D eigenvalue weighted by Crippen LogP contribution is 2.26. The van der Waals surface area contributed by atoms with Gasteiger partial charge in [-0.15, -0.1) is 0 Å². The lowest BCUT2D eigenvalue weighted by molar-refractivity contribution is 0.475. The van der Waals surface area contributed by atoms with Crippen molar-refractivity contribution >= 4 is 11.4 Å². The van der Waals surface area contributed by atoms with Gasteiger partial charge in [0.1, 0.15) is 23.3 Å². The van der Waals surface area contributed by atoms with E-state index in [1.807, 2.05) is 12.1 Å². The lowest BCUT2D eigenvalue weighted by Gasteiger charge is -2.05. The number of aromatic nitrogens is 1. The number of nitriles is 1. The second-order valence-corrected chi connectivity index (χ2v) is 6.04. The first-order chi connectivity index (χ1) is 13.0. The molecule has 7 heteroatoms. The van der Waals surface area contributed by atoms with Gasteiger partial charge in [-0.2, -0.15) is 5.26 Å². The Kier molecular flexibility index (Phi) is 5.18. The minimum Gasteiger partial charge on any atom is -0.508 e. The van der Waals surface area contributed by atoms with Crippen molar-refractivity contribution in [1.82, 2.24) is 4.98 Å². The summed E-state index contributed by atoms with van der Waals surface area (Å²) in [6, 6.07) is 9.70. The van der Waals surface area contributed by atoms with E-state index in [4.69, 9.17) is 20.8 Å². The maximum absolute atomic E-state index is 13.4. The van der Waals surface area contributed by atoms with Crippen LogP contribution in [-0.2, 0) is 12.8 Å². The number of anilines is 1. The van der Waals surface area contributed by atoms with Crippen molar-refractivity contribution in [2.45, 2.75) is 19.3 Å². The number of halogens is 1. The molecule has 0 bridgehead atoms. The summed E-state index contributed by atoms with van der Waals surface area (Å²) in [4.78, 5) is 3.71. The fourth-order valence-electron chi connectivity index (χ4n) is 2.94. The van der Waals surface area contributed by atoms with Crippen LogP contribution in [0.15, 0.2) is 47.3 Å². The van der Waals surface area contributed by atoms with E-state index in [0.717, 1.165) is 30.4 Å². The van der Waals surface area contributed by atoms with Gasteiger partial charge in [-0.25, -0.2) is 9.37 Å². The summed E-state index contributed by atoms with van der Waals surface area (Å²) in [6.07, 6.45) is 5.42. The molecule has 0 unspecified atom stereocenters. The van der Waals surface area contributed by atoms with Crippen LogP contribution < -0.4 is 5.73 Å². The van der Waals surface area contributed by atoms with Crippen LogP contribution in [0, 0.1) is 22.6 Å². The first kappa shape index (κ1) is 18.1. The van der Waals surface area contributed by atoms with Crippen LogP contribution in [0.1, 0.15) is 34.4 Å². The SMILES string of the molecule is N#Cc1ccc2c(c1F)CCC2.N=C(c1cnco1)c1cc(O)ccc1N. The maximum atomic E-state index is 13.4. The van der Waals surface area contributed by atoms with Gasteiger partial charge in [0.2, 0.25) is 0 Å². The summed E-state index contributed by atoms with van der Waals surface area (Å²) in [5.41, 5.74) is 8.63. The zero-order chi connectivity index (χ0) is 19.4. The van der Waals surface area contributed by atoms with Crippen molar-refractivity contribution in [2.75, 3.05) is 5.73 Å². The van der Waals surface area contributed by atoms with Crippen molar-refractivity contribution < 1.29 is 13.9 Å². The van der Waals surface area contributed by atoms with Gasteiger partial charge in [0, 0.05) is 11.3 Å². The van der Waals surface area contributed by atoms with Gasteiger partial charge in [0.15, 0.2) is 12.2 Å². The minimum atomic E-state index is -0.299. The second-order valence-electron chi connectivity index (χ2n) is 6.04. The number of phenolic OH excluding ortho intramolecular Hbond substituents is 1. The average molecular weight is 364 g/mol. The first-order valence-electron chi connectivity index (χ1n) is 8.28. The summed E-state index contributed by atoms with van der Waals surface area (Å²) in [5.74, 6) is 0.0725. The van der Waals surface area contributed by atoms with Gasteiger partial charge in [0.05, 0.1) is 11.8 Å². The molecular formula is C20H17FN4O2. The third kappa shape index (κ3) is 3.80. The van der Waals surface area contributed by atoms with Crippen LogP contribution in [0.25, 0.3) is 0 Å². The van der Waals surface area contributed by atoms with E-state index in [1.165, 1.54) is 30.8 Å². The topological polar surface area (TPSA) is 120 Å². The number of phenols is 1. The molecule has 0 radical (unpaired) electrons. The van der Waals surface area contributed by atoms with E-state index in [2.05, 4.69) is 4.98 Å². The Balaban J connectivity index is 0.000000159. The van der Waals surface area contributed by atoms with E-state index in [-0.39, 0.29) is 22.8 Å². The molecule has 0 fully saturated rings. The van der Waals surface area contributed by atoms with Gasteiger partial charge in [-0.3, -0.25) is 5.41 Å². The summed E-state index contributed by atoms with van der Waals surface area (Å²) < 4.78 is 18.3. The zero-order valence-electron chi connectivity index (χ0n) is 14.4. The average Bonchev–Trinajstić information content (AvgIpc) is 3.36. The molecule has 1 aliphatic carbocycles. The Bertz CT molecular complexity index is 1020. The van der Waals surface area contributed by atoms with E-state index in [1.54, 1.807) is 6.07 Å². The number of hydrogen-bond donors (Lipinski definition) is 3. The summed E-state index contributed by atoms with van der Waals surface area (Å²) in [6.45, 7) is 0. The van der Waals surface area contributed by atoms with Crippen molar-refractivity contribution in [1.29, 1.82) is 10.7 Å². The van der Waals surface area contributed by atoms with Crippen LogP contribution in [0.5, 0.6) is 5.75 Å². The number of hydrogen-bond acceptors (Lipinski definition) is 6. The quantitative estimate of drug-likeness (QED) is 0.365. The Morgan fingerprint density at radius 2 is 2.11 bits per heavy atom. The second kappa shape index (κ2) is 7.70. The Morgan fingerprint density at radius 3 is 2.81 bits per heavy atom. The molecule has 27 heavy (non-hydrogen) atoms. The van der Waals surface area contributed by atoms with Gasteiger partial charge in [-0.1, -0.05) is 6.07 Å². The molecule has 4 N–H and O–H groups in total. The van der Waals surface area contributed by atoms with Crippen molar-refractivity contribution in [3.63, 3.8) is 0 Å². The lowest BCUT2D eigenvalue weighted by atomic mass is 10.1. The highest BCUT2D eigenvalue weighted by molar-refractivity contribution is 6.12. The summed E-state index contributed by atoms with van der Waals surface area (Å²) in [7, 11) is 0. The highest BCUT2D eigenvalue weighted by atomic mass is 19.1. The Labute approximate surface area is 155 Å². The molecule has 0 spiro atoms. The molecule has 1 aromatic heterocycles. The van der Waals surface area contributed by atoms with Gasteiger partial charge >= 0.3 is 0 Å². The molecule has 1 aliphatic rings. The molecule has 136 valence electrons. The van der Waals surface area contributed by atoms with Crippen LogP contribution >= 0.6 is 0 Å². The molecule has 6 nitrogen and oxygen atoms in total. The lowest BCUT2D eigenvalue weighted by Crippen LogP contribution is -2.04. The van der Waals surface area contributed by atoms with Crippen LogP contribution in [0.3, 0.4) is 0 Å². The number of nitrogens with two attached hydrogens (primary N) is 1. The van der Waals surface area contributed by atoms with Crippen LogP contribution in [-0.4, -0.2) is 15.8 Å².